The molecule has 0 saturated heterocycles. The van der Waals surface area contributed by atoms with Gasteiger partial charge in [-0.15, -0.1) is 0 Å². The molecule has 0 spiro atoms. The molecule has 1 aromatic heterocycles. The molecule has 1 unspecified atom stereocenters. The van der Waals surface area contributed by atoms with E-state index in [1.807, 2.05) is 0 Å². The van der Waals surface area contributed by atoms with Gasteiger partial charge in [-0.05, 0) is 19.8 Å². The first-order valence-corrected chi connectivity index (χ1v) is 8.00. The van der Waals surface area contributed by atoms with Gasteiger partial charge < -0.3 is 10.7 Å². The van der Waals surface area contributed by atoms with E-state index in [2.05, 4.69) is 30.7 Å². The van der Waals surface area contributed by atoms with Crippen LogP contribution in [-0.2, 0) is 6.42 Å². The highest BCUT2D eigenvalue weighted by Crippen LogP contribution is 2.17. The maximum Gasteiger partial charge on any atom is 0.106 e. The summed E-state index contributed by atoms with van der Waals surface area (Å²) in [7, 11) is 0. The minimum Gasteiger partial charge on any atom is -0.346 e. The molecule has 3 nitrogen and oxygen atoms in total. The van der Waals surface area contributed by atoms with Crippen LogP contribution in [0.15, 0.2) is 0 Å². The minimum atomic E-state index is 0.0824. The minimum absolute atomic E-state index is 0.0824. The smallest absolute Gasteiger partial charge is 0.106 e. The van der Waals surface area contributed by atoms with E-state index >= 15 is 0 Å². The van der Waals surface area contributed by atoms with Crippen LogP contribution in [0.2, 0.25) is 0 Å². The molecule has 19 heavy (non-hydrogen) atoms. The molecule has 0 aromatic carbocycles. The normalized spacial score (nSPS) is 12.8. The standard InChI is InChI=1S/C16H31N3/c1-4-6-7-8-9-10-11-12-15-18-13(3)16(19-15)14(17)5-2/h14H,4-12,17H2,1-3H3,(H,18,19). The van der Waals surface area contributed by atoms with Crippen molar-refractivity contribution in [3.8, 4) is 0 Å². The summed E-state index contributed by atoms with van der Waals surface area (Å²) in [6.45, 7) is 6.44. The largest absolute Gasteiger partial charge is 0.346 e. The summed E-state index contributed by atoms with van der Waals surface area (Å²) in [4.78, 5) is 8.03. The number of nitrogens with two attached hydrogens (primary N) is 1. The number of imidazole rings is 1. The lowest BCUT2D eigenvalue weighted by Gasteiger charge is -2.05. The van der Waals surface area contributed by atoms with Crippen molar-refractivity contribution in [3.05, 3.63) is 17.2 Å². The van der Waals surface area contributed by atoms with Crippen molar-refractivity contribution in [2.24, 2.45) is 5.73 Å². The summed E-state index contributed by atoms with van der Waals surface area (Å²) in [6.07, 6.45) is 11.4. The van der Waals surface area contributed by atoms with Gasteiger partial charge in [-0.1, -0.05) is 52.4 Å². The third-order valence-corrected chi connectivity index (χ3v) is 3.78. The summed E-state index contributed by atoms with van der Waals surface area (Å²) in [5.41, 5.74) is 8.25. The maximum atomic E-state index is 6.05. The predicted molar refractivity (Wildman–Crippen MR) is 82.2 cm³/mol. The molecular formula is C16H31N3. The van der Waals surface area contributed by atoms with Crippen molar-refractivity contribution in [3.63, 3.8) is 0 Å². The van der Waals surface area contributed by atoms with E-state index in [4.69, 9.17) is 5.73 Å². The van der Waals surface area contributed by atoms with Gasteiger partial charge in [-0.2, -0.15) is 0 Å². The Morgan fingerprint density at radius 1 is 1.05 bits per heavy atom. The highest BCUT2D eigenvalue weighted by Gasteiger charge is 2.12. The monoisotopic (exact) mass is 265 g/mol. The van der Waals surface area contributed by atoms with Gasteiger partial charge in [0.1, 0.15) is 5.82 Å². The molecule has 3 heteroatoms. The van der Waals surface area contributed by atoms with Gasteiger partial charge in [0.15, 0.2) is 0 Å². The van der Waals surface area contributed by atoms with Crippen LogP contribution >= 0.6 is 0 Å². The molecule has 0 fully saturated rings. The highest BCUT2D eigenvalue weighted by molar-refractivity contribution is 5.16. The average Bonchev–Trinajstić information content (AvgIpc) is 2.78. The second kappa shape index (κ2) is 9.13. The topological polar surface area (TPSA) is 54.7 Å². The van der Waals surface area contributed by atoms with Crippen LogP contribution in [0.3, 0.4) is 0 Å². The zero-order chi connectivity index (χ0) is 14.1. The summed E-state index contributed by atoms with van der Waals surface area (Å²) in [6, 6.07) is 0.0824. The van der Waals surface area contributed by atoms with Crippen LogP contribution in [0.1, 0.15) is 88.5 Å². The van der Waals surface area contributed by atoms with Crippen LogP contribution < -0.4 is 5.73 Å². The van der Waals surface area contributed by atoms with E-state index in [1.165, 1.54) is 44.9 Å². The third kappa shape index (κ3) is 5.77. The highest BCUT2D eigenvalue weighted by atomic mass is 15.0. The van der Waals surface area contributed by atoms with Crippen molar-refractivity contribution < 1.29 is 0 Å². The molecule has 1 atom stereocenters. The third-order valence-electron chi connectivity index (χ3n) is 3.78. The Hall–Kier alpha value is -0.830. The summed E-state index contributed by atoms with van der Waals surface area (Å²) >= 11 is 0. The number of H-pyrrole nitrogens is 1. The molecule has 0 radical (unpaired) electrons. The van der Waals surface area contributed by atoms with Crippen molar-refractivity contribution >= 4 is 0 Å². The van der Waals surface area contributed by atoms with Gasteiger partial charge in [0.25, 0.3) is 0 Å². The van der Waals surface area contributed by atoms with Crippen molar-refractivity contribution in [2.45, 2.75) is 84.6 Å². The molecule has 0 amide bonds. The van der Waals surface area contributed by atoms with Crippen molar-refractivity contribution in [2.75, 3.05) is 0 Å². The lowest BCUT2D eigenvalue weighted by Crippen LogP contribution is -2.10. The number of aromatic amines is 1. The van der Waals surface area contributed by atoms with E-state index in [0.717, 1.165) is 30.1 Å². The van der Waals surface area contributed by atoms with Gasteiger partial charge in [-0.3, -0.25) is 0 Å². The fourth-order valence-corrected chi connectivity index (χ4v) is 2.46. The Morgan fingerprint density at radius 3 is 2.32 bits per heavy atom. The fraction of sp³-hybridized carbons (Fsp3) is 0.812. The zero-order valence-electron chi connectivity index (χ0n) is 13.0. The summed E-state index contributed by atoms with van der Waals surface area (Å²) in [5, 5.41) is 0. The molecule has 1 rings (SSSR count). The van der Waals surface area contributed by atoms with Crippen LogP contribution in [0.5, 0.6) is 0 Å². The maximum absolute atomic E-state index is 6.05. The number of hydrogen-bond donors (Lipinski definition) is 2. The average molecular weight is 265 g/mol. The van der Waals surface area contributed by atoms with Gasteiger partial charge in [-0.25, -0.2) is 4.98 Å². The Labute approximate surface area is 118 Å². The van der Waals surface area contributed by atoms with Gasteiger partial charge in [0.05, 0.1) is 5.69 Å². The SMILES string of the molecule is CCCCCCCCCc1nc(C(N)CC)c(C)[nH]1. The van der Waals surface area contributed by atoms with Crippen LogP contribution in [0.4, 0.5) is 0 Å². The van der Waals surface area contributed by atoms with Gasteiger partial charge in [0.2, 0.25) is 0 Å². The molecule has 0 aliphatic carbocycles. The first kappa shape index (κ1) is 16.2. The van der Waals surface area contributed by atoms with Crippen molar-refractivity contribution in [1.82, 2.24) is 9.97 Å². The Kier molecular flexibility index (Phi) is 7.80. The van der Waals surface area contributed by atoms with Gasteiger partial charge >= 0.3 is 0 Å². The predicted octanol–water partition coefficient (Wildman–Crippen LogP) is 4.42. The number of unbranched alkanes of at least 4 members (excludes halogenated alkanes) is 6. The molecule has 3 N–H and O–H groups in total. The number of rotatable bonds is 10. The molecule has 0 saturated carbocycles. The number of nitrogens with zero attached hydrogens (tertiary/aromatic N) is 1. The quantitative estimate of drug-likeness (QED) is 0.615. The number of aryl methyl sites for hydroxylation is 2. The van der Waals surface area contributed by atoms with Gasteiger partial charge in [0, 0.05) is 18.2 Å². The summed E-state index contributed by atoms with van der Waals surface area (Å²) in [5.74, 6) is 1.12. The number of hydrogen-bond acceptors (Lipinski definition) is 2. The van der Waals surface area contributed by atoms with E-state index in [0.29, 0.717) is 0 Å². The zero-order valence-corrected chi connectivity index (χ0v) is 13.0. The second-order valence-corrected chi connectivity index (χ2v) is 5.58. The molecule has 0 aliphatic heterocycles. The Balaban J connectivity index is 2.23. The molecule has 0 aliphatic rings. The van der Waals surface area contributed by atoms with E-state index in [-0.39, 0.29) is 6.04 Å². The summed E-state index contributed by atoms with van der Waals surface area (Å²) < 4.78 is 0. The lowest BCUT2D eigenvalue weighted by molar-refractivity contribution is 0.584. The van der Waals surface area contributed by atoms with E-state index < -0.39 is 0 Å². The second-order valence-electron chi connectivity index (χ2n) is 5.58. The van der Waals surface area contributed by atoms with Crippen LogP contribution in [0, 0.1) is 6.92 Å². The number of nitrogens with one attached hydrogen (secondary N) is 1. The van der Waals surface area contributed by atoms with Crippen molar-refractivity contribution in [1.29, 1.82) is 0 Å². The fourth-order valence-electron chi connectivity index (χ4n) is 2.46. The van der Waals surface area contributed by atoms with Crippen LogP contribution in [0.25, 0.3) is 0 Å². The lowest BCUT2D eigenvalue weighted by atomic mass is 10.1. The first-order valence-electron chi connectivity index (χ1n) is 8.00. The molecule has 110 valence electrons. The Morgan fingerprint density at radius 2 is 1.68 bits per heavy atom. The Bertz CT molecular complexity index is 344. The molecule has 1 heterocycles. The first-order chi connectivity index (χ1) is 9.19. The molecular weight excluding hydrogens is 234 g/mol. The molecule has 1 aromatic rings. The molecule has 0 bridgehead atoms. The van der Waals surface area contributed by atoms with Crippen LogP contribution in [-0.4, -0.2) is 9.97 Å². The number of aromatic nitrogens is 2. The van der Waals surface area contributed by atoms with E-state index in [1.54, 1.807) is 0 Å². The van der Waals surface area contributed by atoms with E-state index in [9.17, 15) is 0 Å².